The fourth-order valence-electron chi connectivity index (χ4n) is 4.97. The molecule has 40 heavy (non-hydrogen) atoms. The molecule has 1 saturated heterocycles. The van der Waals surface area contributed by atoms with Crippen LogP contribution in [0.4, 0.5) is 0 Å². The standard InChI is InChI=1S/C29H32N4O7/c1-31(17-22-4-2-10-40-22)28(37)23-13-24(26(35)14-25(23)34)29(38)33-15-19-5-6-21(12-20(19)16-33)39-11-3-8-32-9-7-30-27(36)18-32/h2,4-6,10,12-14,34-35H,3,7-9,11,15-18H2,1H3,(H,30,36). The van der Waals surface area contributed by atoms with Gasteiger partial charge in [-0.05, 0) is 47.9 Å². The maximum atomic E-state index is 13.4. The average molecular weight is 549 g/mol. The molecule has 0 aliphatic carbocycles. The van der Waals surface area contributed by atoms with Gasteiger partial charge in [0, 0.05) is 45.8 Å². The summed E-state index contributed by atoms with van der Waals surface area (Å²) in [6.07, 6.45) is 2.29. The van der Waals surface area contributed by atoms with Gasteiger partial charge in [-0.2, -0.15) is 0 Å². The number of rotatable bonds is 9. The summed E-state index contributed by atoms with van der Waals surface area (Å²) in [5.74, 6) is -0.475. The highest BCUT2D eigenvalue weighted by Gasteiger charge is 2.29. The van der Waals surface area contributed by atoms with Crippen molar-refractivity contribution >= 4 is 17.7 Å². The number of furan rings is 1. The first-order valence-corrected chi connectivity index (χ1v) is 13.1. The maximum Gasteiger partial charge on any atom is 0.258 e. The van der Waals surface area contributed by atoms with Crippen molar-refractivity contribution in [2.24, 2.45) is 0 Å². The largest absolute Gasteiger partial charge is 0.507 e. The summed E-state index contributed by atoms with van der Waals surface area (Å²) in [7, 11) is 1.56. The van der Waals surface area contributed by atoms with Crippen LogP contribution in [0.1, 0.15) is 44.0 Å². The number of phenolic OH excluding ortho intramolecular Hbond substituents is 2. The Morgan fingerprint density at radius 2 is 1.85 bits per heavy atom. The first-order chi connectivity index (χ1) is 19.3. The maximum absolute atomic E-state index is 13.4. The molecule has 2 aliphatic rings. The molecule has 3 amide bonds. The third-order valence-electron chi connectivity index (χ3n) is 7.09. The van der Waals surface area contributed by atoms with E-state index in [9.17, 15) is 24.6 Å². The number of hydrogen-bond donors (Lipinski definition) is 3. The number of amides is 3. The predicted octanol–water partition coefficient (Wildman–Crippen LogP) is 2.32. The highest BCUT2D eigenvalue weighted by atomic mass is 16.5. The van der Waals surface area contributed by atoms with Crippen LogP contribution in [0, 0.1) is 0 Å². The molecule has 210 valence electrons. The summed E-state index contributed by atoms with van der Waals surface area (Å²) < 4.78 is 11.2. The molecule has 0 spiro atoms. The summed E-state index contributed by atoms with van der Waals surface area (Å²) in [5, 5.41) is 23.7. The molecule has 0 radical (unpaired) electrons. The van der Waals surface area contributed by atoms with Gasteiger partial charge in [-0.25, -0.2) is 0 Å². The summed E-state index contributed by atoms with van der Waals surface area (Å²) in [5.41, 5.74) is 1.75. The van der Waals surface area contributed by atoms with Crippen LogP contribution in [0.2, 0.25) is 0 Å². The van der Waals surface area contributed by atoms with E-state index in [0.29, 0.717) is 44.3 Å². The van der Waals surface area contributed by atoms with Crippen molar-refractivity contribution in [2.75, 3.05) is 39.8 Å². The Kier molecular flexibility index (Phi) is 7.92. The Balaban J connectivity index is 1.20. The molecule has 1 fully saturated rings. The minimum atomic E-state index is -0.516. The van der Waals surface area contributed by atoms with Gasteiger partial charge in [0.1, 0.15) is 23.0 Å². The second-order valence-corrected chi connectivity index (χ2v) is 10.0. The molecule has 3 heterocycles. The number of phenols is 2. The SMILES string of the molecule is CN(Cc1ccco1)C(=O)c1cc(C(=O)N2Cc3ccc(OCCCN4CCNC(=O)C4)cc3C2)c(O)cc1O. The first-order valence-electron chi connectivity index (χ1n) is 13.1. The molecule has 5 rings (SSSR count). The van der Waals surface area contributed by atoms with E-state index in [1.165, 1.54) is 17.2 Å². The van der Waals surface area contributed by atoms with E-state index in [1.807, 2.05) is 18.2 Å². The molecular formula is C29H32N4O7. The average Bonchev–Trinajstić information content (AvgIpc) is 3.60. The fourth-order valence-corrected chi connectivity index (χ4v) is 4.97. The molecule has 2 aromatic carbocycles. The first kappa shape index (κ1) is 27.1. The minimum Gasteiger partial charge on any atom is -0.507 e. The van der Waals surface area contributed by atoms with E-state index in [1.54, 1.807) is 24.1 Å². The second-order valence-electron chi connectivity index (χ2n) is 10.0. The summed E-state index contributed by atoms with van der Waals surface area (Å²) in [4.78, 5) is 42.9. The molecule has 1 aromatic heterocycles. The summed E-state index contributed by atoms with van der Waals surface area (Å²) in [6, 6.07) is 11.4. The van der Waals surface area contributed by atoms with Crippen molar-refractivity contribution < 1.29 is 33.8 Å². The zero-order chi connectivity index (χ0) is 28.2. The van der Waals surface area contributed by atoms with Crippen LogP contribution in [-0.2, 0) is 24.4 Å². The number of carbonyl (C=O) groups excluding carboxylic acids is 3. The van der Waals surface area contributed by atoms with E-state index in [2.05, 4.69) is 10.2 Å². The second kappa shape index (κ2) is 11.7. The lowest BCUT2D eigenvalue weighted by Gasteiger charge is -2.26. The minimum absolute atomic E-state index is 0.0470. The molecule has 11 nitrogen and oxygen atoms in total. The Hall–Kier alpha value is -4.51. The van der Waals surface area contributed by atoms with Gasteiger partial charge in [-0.3, -0.25) is 19.3 Å². The van der Waals surface area contributed by atoms with Gasteiger partial charge in [-0.1, -0.05) is 6.07 Å². The van der Waals surface area contributed by atoms with Crippen LogP contribution in [0.5, 0.6) is 17.2 Å². The molecule has 11 heteroatoms. The zero-order valence-electron chi connectivity index (χ0n) is 22.3. The number of aromatic hydroxyl groups is 2. The molecule has 3 aromatic rings. The van der Waals surface area contributed by atoms with E-state index < -0.39 is 23.3 Å². The van der Waals surface area contributed by atoms with Crippen LogP contribution in [0.25, 0.3) is 0 Å². The van der Waals surface area contributed by atoms with Crippen molar-refractivity contribution in [3.63, 3.8) is 0 Å². The molecule has 0 bridgehead atoms. The molecule has 0 atom stereocenters. The van der Waals surface area contributed by atoms with Gasteiger partial charge in [-0.15, -0.1) is 0 Å². The van der Waals surface area contributed by atoms with Crippen LogP contribution in [0.3, 0.4) is 0 Å². The molecular weight excluding hydrogens is 516 g/mol. The third kappa shape index (κ3) is 6.04. The van der Waals surface area contributed by atoms with Crippen molar-refractivity contribution in [1.29, 1.82) is 0 Å². The summed E-state index contributed by atoms with van der Waals surface area (Å²) in [6.45, 7) is 4.04. The molecule has 0 unspecified atom stereocenters. The Morgan fingerprint density at radius 1 is 1.05 bits per heavy atom. The Bertz CT molecular complexity index is 1410. The number of hydrogen-bond acceptors (Lipinski definition) is 8. The number of piperazine rings is 1. The van der Waals surface area contributed by atoms with Crippen molar-refractivity contribution in [3.8, 4) is 17.2 Å². The summed E-state index contributed by atoms with van der Waals surface area (Å²) >= 11 is 0. The van der Waals surface area contributed by atoms with Crippen LogP contribution in [-0.4, -0.2) is 82.5 Å². The van der Waals surface area contributed by atoms with Crippen molar-refractivity contribution in [3.05, 3.63) is 76.7 Å². The Morgan fingerprint density at radius 3 is 2.62 bits per heavy atom. The number of fused-ring (bicyclic) bond motifs is 1. The lowest BCUT2D eigenvalue weighted by atomic mass is 10.1. The lowest BCUT2D eigenvalue weighted by molar-refractivity contribution is -0.124. The van der Waals surface area contributed by atoms with Crippen molar-refractivity contribution in [1.82, 2.24) is 20.0 Å². The van der Waals surface area contributed by atoms with Crippen molar-refractivity contribution in [2.45, 2.75) is 26.1 Å². The van der Waals surface area contributed by atoms with Crippen LogP contribution in [0.15, 0.2) is 53.1 Å². The van der Waals surface area contributed by atoms with Gasteiger partial charge >= 0.3 is 0 Å². The van der Waals surface area contributed by atoms with Crippen LogP contribution >= 0.6 is 0 Å². The number of ether oxygens (including phenoxy) is 1. The van der Waals surface area contributed by atoms with Gasteiger partial charge in [0.05, 0.1) is 37.1 Å². The topological polar surface area (TPSA) is 136 Å². The van der Waals surface area contributed by atoms with Crippen LogP contribution < -0.4 is 10.1 Å². The van der Waals surface area contributed by atoms with Gasteiger partial charge < -0.3 is 34.5 Å². The number of carbonyl (C=O) groups is 3. The smallest absolute Gasteiger partial charge is 0.258 e. The number of nitrogens with zero attached hydrogens (tertiary/aromatic N) is 3. The number of nitrogens with one attached hydrogen (secondary N) is 1. The molecule has 0 saturated carbocycles. The number of benzene rings is 2. The van der Waals surface area contributed by atoms with E-state index in [0.717, 1.165) is 36.7 Å². The van der Waals surface area contributed by atoms with Gasteiger partial charge in [0.15, 0.2) is 0 Å². The van der Waals surface area contributed by atoms with Gasteiger partial charge in [0.2, 0.25) is 5.91 Å². The Labute approximate surface area is 231 Å². The normalized spacial score (nSPS) is 15.0. The van der Waals surface area contributed by atoms with E-state index in [4.69, 9.17) is 9.15 Å². The monoisotopic (exact) mass is 548 g/mol. The quantitative estimate of drug-likeness (QED) is 0.347. The highest BCUT2D eigenvalue weighted by Crippen LogP contribution is 2.33. The van der Waals surface area contributed by atoms with E-state index in [-0.39, 0.29) is 23.6 Å². The fraction of sp³-hybridized carbons (Fsp3) is 0.345. The highest BCUT2D eigenvalue weighted by molar-refractivity contribution is 6.03. The molecule has 3 N–H and O–H groups in total. The zero-order valence-corrected chi connectivity index (χ0v) is 22.3. The predicted molar refractivity (Wildman–Crippen MR) is 144 cm³/mol. The van der Waals surface area contributed by atoms with Gasteiger partial charge in [0.25, 0.3) is 11.8 Å². The lowest BCUT2D eigenvalue weighted by Crippen LogP contribution is -2.47. The third-order valence-corrected chi connectivity index (χ3v) is 7.09. The molecule has 2 aliphatic heterocycles. The van der Waals surface area contributed by atoms with E-state index >= 15 is 0 Å².